The quantitative estimate of drug-likeness (QED) is 0.0759. The monoisotopic (exact) mass is 584 g/mol. The van der Waals surface area contributed by atoms with Crippen molar-refractivity contribution < 1.29 is 36.9 Å². The van der Waals surface area contributed by atoms with E-state index in [1.54, 1.807) is 6.08 Å². The van der Waals surface area contributed by atoms with Crippen molar-refractivity contribution in [3.05, 3.63) is 95.6 Å². The number of ether oxygens (including phenoxy) is 2. The number of carbonyl (C=O) groups excluding carboxylic acids is 1. The van der Waals surface area contributed by atoms with Gasteiger partial charge in [0.05, 0.1) is 18.3 Å². The van der Waals surface area contributed by atoms with Crippen LogP contribution < -0.4 is 9.47 Å². The summed E-state index contributed by atoms with van der Waals surface area (Å²) >= 11 is 0. The molecule has 1 unspecified atom stereocenters. The lowest BCUT2D eigenvalue weighted by Gasteiger charge is -2.32. The van der Waals surface area contributed by atoms with E-state index < -0.39 is 35.0 Å². The molecule has 1 N–H and O–H groups in total. The molecule has 8 heteroatoms. The molecule has 0 spiro atoms. The van der Waals surface area contributed by atoms with Crippen LogP contribution in [0.1, 0.15) is 80.1 Å². The fourth-order valence-corrected chi connectivity index (χ4v) is 5.51. The van der Waals surface area contributed by atoms with Gasteiger partial charge in [0, 0.05) is 5.56 Å². The van der Waals surface area contributed by atoms with Gasteiger partial charge in [0.2, 0.25) is 11.6 Å². The lowest BCUT2D eigenvalue weighted by Crippen LogP contribution is -2.25. The number of aliphatic hydroxyl groups excluding tert-OH is 1. The molecular formula is C34H36F4O4. The lowest BCUT2D eigenvalue weighted by atomic mass is 9.76. The van der Waals surface area contributed by atoms with Crippen LogP contribution in [0.2, 0.25) is 0 Å². The van der Waals surface area contributed by atoms with E-state index in [1.165, 1.54) is 48.5 Å². The molecular weight excluding hydrogens is 548 g/mol. The summed E-state index contributed by atoms with van der Waals surface area (Å²) in [5.41, 5.74) is 0.542. The zero-order chi connectivity index (χ0) is 30.2. The minimum absolute atomic E-state index is 0.0228. The van der Waals surface area contributed by atoms with Crippen molar-refractivity contribution in [2.24, 2.45) is 5.92 Å². The molecule has 0 heterocycles. The first kappa shape index (κ1) is 31.3. The van der Waals surface area contributed by atoms with E-state index in [0.29, 0.717) is 31.2 Å². The van der Waals surface area contributed by atoms with Crippen LogP contribution in [0, 0.1) is 29.2 Å². The van der Waals surface area contributed by atoms with Gasteiger partial charge in [0.25, 0.3) is 0 Å². The number of halogens is 4. The topological polar surface area (TPSA) is 55.8 Å². The molecule has 0 radical (unpaired) electrons. The molecule has 0 aromatic heterocycles. The number of carbonyl (C=O) groups is 1. The molecule has 1 atom stereocenters. The third kappa shape index (κ3) is 7.21. The van der Waals surface area contributed by atoms with Gasteiger partial charge >= 0.3 is 5.97 Å². The summed E-state index contributed by atoms with van der Waals surface area (Å²) in [6.07, 6.45) is 7.04. The van der Waals surface area contributed by atoms with Crippen LogP contribution in [0.25, 0.3) is 11.1 Å². The van der Waals surface area contributed by atoms with E-state index in [9.17, 15) is 23.1 Å². The molecule has 1 saturated carbocycles. The number of hydrogen-bond donors (Lipinski definition) is 1. The summed E-state index contributed by atoms with van der Waals surface area (Å²) < 4.78 is 69.7. The molecule has 224 valence electrons. The van der Waals surface area contributed by atoms with E-state index in [4.69, 9.17) is 9.47 Å². The standard InChI is InChI=1S/C34H36F4O4/c1-3-5-6-20-41-28-18-16-25(30(35)32(28)37)22-10-14-24(15-11-22)34(40)42-29-19-17-26(31(36)33(29)38)21-8-12-23(13-9-21)27(39)7-4-2/h3,10-11,14-19,21,23,27,39H,1,4-9,12-13,20H2,2H3. The average molecular weight is 585 g/mol. The summed E-state index contributed by atoms with van der Waals surface area (Å²) in [6.45, 7) is 5.84. The minimum atomic E-state index is -1.24. The maximum Gasteiger partial charge on any atom is 0.343 e. The molecule has 4 nitrogen and oxygen atoms in total. The molecule has 0 saturated heterocycles. The third-order valence-corrected chi connectivity index (χ3v) is 7.91. The number of benzene rings is 3. The number of rotatable bonds is 12. The average Bonchev–Trinajstić information content (AvgIpc) is 3.00. The molecule has 3 aromatic carbocycles. The van der Waals surface area contributed by atoms with Gasteiger partial charge in [-0.3, -0.25) is 0 Å². The highest BCUT2D eigenvalue weighted by atomic mass is 19.2. The first-order chi connectivity index (χ1) is 20.2. The SMILES string of the molecule is C=CCCCOc1ccc(-c2ccc(C(=O)Oc3ccc(C4CCC(C(O)CCC)CC4)c(F)c3F)cc2)c(F)c1F. The van der Waals surface area contributed by atoms with Gasteiger partial charge in [0.1, 0.15) is 0 Å². The van der Waals surface area contributed by atoms with E-state index >= 15 is 4.39 Å². The predicted molar refractivity (Wildman–Crippen MR) is 154 cm³/mol. The van der Waals surface area contributed by atoms with Gasteiger partial charge in [-0.1, -0.05) is 37.6 Å². The Bertz CT molecular complexity index is 1380. The first-order valence-corrected chi connectivity index (χ1v) is 14.4. The highest BCUT2D eigenvalue weighted by molar-refractivity contribution is 5.91. The number of allylic oxidation sites excluding steroid dienone is 1. The number of esters is 1. The first-order valence-electron chi connectivity index (χ1n) is 14.4. The Labute approximate surface area is 244 Å². The molecule has 3 aromatic rings. The smallest absolute Gasteiger partial charge is 0.343 e. The molecule has 4 rings (SSSR count). The molecule has 0 amide bonds. The Balaban J connectivity index is 1.40. The van der Waals surface area contributed by atoms with E-state index in [2.05, 4.69) is 6.58 Å². The summed E-state index contributed by atoms with van der Waals surface area (Å²) in [6, 6.07) is 10.9. The zero-order valence-corrected chi connectivity index (χ0v) is 23.7. The Morgan fingerprint density at radius 3 is 2.26 bits per heavy atom. The van der Waals surface area contributed by atoms with Gasteiger partial charge in [-0.25, -0.2) is 13.6 Å². The molecule has 1 aliphatic rings. The fraction of sp³-hybridized carbons (Fsp3) is 0.382. The second-order valence-corrected chi connectivity index (χ2v) is 10.7. The van der Waals surface area contributed by atoms with Crippen molar-refractivity contribution in [2.45, 2.75) is 70.3 Å². The summed E-state index contributed by atoms with van der Waals surface area (Å²) in [4.78, 5) is 12.7. The van der Waals surface area contributed by atoms with Crippen LogP contribution in [-0.2, 0) is 0 Å². The van der Waals surface area contributed by atoms with Crippen molar-refractivity contribution >= 4 is 5.97 Å². The van der Waals surface area contributed by atoms with E-state index in [-0.39, 0.29) is 47.0 Å². The number of unbranched alkanes of at least 4 members (excludes halogenated alkanes) is 1. The Morgan fingerprint density at radius 1 is 0.929 bits per heavy atom. The summed E-state index contributed by atoms with van der Waals surface area (Å²) in [5, 5.41) is 10.3. The predicted octanol–water partition coefficient (Wildman–Crippen LogP) is 8.91. The molecule has 0 bridgehead atoms. The molecule has 1 fully saturated rings. The second-order valence-electron chi connectivity index (χ2n) is 10.7. The van der Waals surface area contributed by atoms with Gasteiger partial charge in [0.15, 0.2) is 23.1 Å². The second kappa shape index (κ2) is 14.5. The Kier molecular flexibility index (Phi) is 10.8. The fourth-order valence-electron chi connectivity index (χ4n) is 5.51. The van der Waals surface area contributed by atoms with Crippen LogP contribution in [-0.4, -0.2) is 23.8 Å². The van der Waals surface area contributed by atoms with Crippen LogP contribution in [0.4, 0.5) is 17.6 Å². The number of aliphatic hydroxyl groups is 1. The van der Waals surface area contributed by atoms with Crippen LogP contribution >= 0.6 is 0 Å². The molecule has 0 aliphatic heterocycles. The van der Waals surface area contributed by atoms with Gasteiger partial charge in [-0.2, -0.15) is 8.78 Å². The highest BCUT2D eigenvalue weighted by Gasteiger charge is 2.30. The van der Waals surface area contributed by atoms with Gasteiger partial charge < -0.3 is 14.6 Å². The van der Waals surface area contributed by atoms with E-state index in [0.717, 1.165) is 25.7 Å². The molecule has 42 heavy (non-hydrogen) atoms. The summed E-state index contributed by atoms with van der Waals surface area (Å²) in [5.74, 6) is -6.14. The maximum absolute atomic E-state index is 15.0. The lowest BCUT2D eigenvalue weighted by molar-refractivity contribution is 0.0725. The normalized spacial score (nSPS) is 17.5. The van der Waals surface area contributed by atoms with Crippen molar-refractivity contribution in [2.75, 3.05) is 6.61 Å². The van der Waals surface area contributed by atoms with Gasteiger partial charge in [-0.05, 0) is 98.2 Å². The maximum atomic E-state index is 15.0. The minimum Gasteiger partial charge on any atom is -0.490 e. The van der Waals surface area contributed by atoms with Crippen LogP contribution in [0.5, 0.6) is 11.5 Å². The van der Waals surface area contributed by atoms with Crippen molar-refractivity contribution in [1.82, 2.24) is 0 Å². The highest BCUT2D eigenvalue weighted by Crippen LogP contribution is 2.40. The largest absolute Gasteiger partial charge is 0.490 e. The van der Waals surface area contributed by atoms with E-state index in [1.807, 2.05) is 6.92 Å². The van der Waals surface area contributed by atoms with Gasteiger partial charge in [-0.15, -0.1) is 6.58 Å². The Hall–Kier alpha value is -3.65. The third-order valence-electron chi connectivity index (χ3n) is 7.91. The number of hydrogen-bond acceptors (Lipinski definition) is 4. The van der Waals surface area contributed by atoms with Crippen molar-refractivity contribution in [3.8, 4) is 22.6 Å². The zero-order valence-electron chi connectivity index (χ0n) is 23.7. The van der Waals surface area contributed by atoms with Crippen molar-refractivity contribution in [1.29, 1.82) is 0 Å². The van der Waals surface area contributed by atoms with Crippen molar-refractivity contribution in [3.63, 3.8) is 0 Å². The Morgan fingerprint density at radius 2 is 1.60 bits per heavy atom. The molecule has 1 aliphatic carbocycles. The summed E-state index contributed by atoms with van der Waals surface area (Å²) in [7, 11) is 0. The van der Waals surface area contributed by atoms with Crippen LogP contribution in [0.15, 0.2) is 61.2 Å². The van der Waals surface area contributed by atoms with Crippen LogP contribution in [0.3, 0.4) is 0 Å².